The van der Waals surface area contributed by atoms with Crippen LogP contribution < -0.4 is 5.32 Å². The predicted molar refractivity (Wildman–Crippen MR) is 117 cm³/mol. The van der Waals surface area contributed by atoms with Gasteiger partial charge in [0.1, 0.15) is 0 Å². The first-order valence-corrected chi connectivity index (χ1v) is 9.91. The maximum absolute atomic E-state index is 12.8. The molecule has 2 aromatic carbocycles. The molecular weight excluding hydrogens is 394 g/mol. The SMILES string of the molecule is Cc1ccc([C@@H](C)NC(=O)COC(=O)/C(=C/c2ccccc2)n2nnnc2C)cc1C. The maximum Gasteiger partial charge on any atom is 0.357 e. The van der Waals surface area contributed by atoms with Gasteiger partial charge in [0.15, 0.2) is 18.1 Å². The van der Waals surface area contributed by atoms with Crippen molar-refractivity contribution in [3.05, 3.63) is 76.6 Å². The summed E-state index contributed by atoms with van der Waals surface area (Å²) in [6, 6.07) is 15.1. The summed E-state index contributed by atoms with van der Waals surface area (Å²) in [5.41, 5.74) is 4.21. The monoisotopic (exact) mass is 419 g/mol. The first-order valence-electron chi connectivity index (χ1n) is 9.91. The molecule has 3 aromatic rings. The largest absolute Gasteiger partial charge is 0.451 e. The molecule has 31 heavy (non-hydrogen) atoms. The molecule has 0 fully saturated rings. The van der Waals surface area contributed by atoms with E-state index in [1.165, 1.54) is 10.2 Å². The number of nitrogens with one attached hydrogen (secondary N) is 1. The van der Waals surface area contributed by atoms with Crippen molar-refractivity contribution in [1.82, 2.24) is 25.5 Å². The molecule has 0 radical (unpaired) electrons. The van der Waals surface area contributed by atoms with Crippen LogP contribution in [0.3, 0.4) is 0 Å². The van der Waals surface area contributed by atoms with Crippen molar-refractivity contribution in [2.75, 3.05) is 6.61 Å². The lowest BCUT2D eigenvalue weighted by Gasteiger charge is -2.16. The summed E-state index contributed by atoms with van der Waals surface area (Å²) in [6.07, 6.45) is 1.61. The number of tetrazole rings is 1. The molecule has 0 unspecified atom stereocenters. The van der Waals surface area contributed by atoms with Crippen molar-refractivity contribution >= 4 is 23.6 Å². The van der Waals surface area contributed by atoms with Crippen LogP contribution in [0.15, 0.2) is 48.5 Å². The molecule has 0 aliphatic heterocycles. The first kappa shape index (κ1) is 21.9. The van der Waals surface area contributed by atoms with Gasteiger partial charge in [-0.05, 0) is 66.5 Å². The summed E-state index contributed by atoms with van der Waals surface area (Å²) in [7, 11) is 0. The van der Waals surface area contributed by atoms with Gasteiger partial charge in [-0.1, -0.05) is 48.5 Å². The van der Waals surface area contributed by atoms with E-state index in [4.69, 9.17) is 4.74 Å². The van der Waals surface area contributed by atoms with Gasteiger partial charge >= 0.3 is 5.97 Å². The van der Waals surface area contributed by atoms with Crippen molar-refractivity contribution in [2.24, 2.45) is 0 Å². The number of benzene rings is 2. The standard InChI is InChI=1S/C23H25N5O3/c1-15-10-11-20(12-16(15)2)17(3)24-22(29)14-31-23(30)21(28-18(4)25-26-27-28)13-19-8-6-5-7-9-19/h5-13,17H,14H2,1-4H3,(H,24,29)/b21-13-/t17-/m1/s1. The van der Waals surface area contributed by atoms with E-state index < -0.39 is 18.5 Å². The number of ether oxygens (including phenoxy) is 1. The number of carbonyl (C=O) groups is 2. The average Bonchev–Trinajstić information content (AvgIpc) is 3.18. The summed E-state index contributed by atoms with van der Waals surface area (Å²) in [5.74, 6) is -0.674. The second-order valence-corrected chi connectivity index (χ2v) is 7.29. The summed E-state index contributed by atoms with van der Waals surface area (Å²) in [6.45, 7) is 7.20. The second-order valence-electron chi connectivity index (χ2n) is 7.29. The van der Waals surface area contributed by atoms with Crippen LogP contribution >= 0.6 is 0 Å². The van der Waals surface area contributed by atoms with E-state index in [9.17, 15) is 9.59 Å². The number of aryl methyl sites for hydroxylation is 3. The van der Waals surface area contributed by atoms with Crippen molar-refractivity contribution in [3.8, 4) is 0 Å². The molecule has 1 N–H and O–H groups in total. The molecule has 0 saturated heterocycles. The molecule has 8 nitrogen and oxygen atoms in total. The van der Waals surface area contributed by atoms with Gasteiger partial charge in [0.2, 0.25) is 0 Å². The molecule has 0 spiro atoms. The zero-order valence-corrected chi connectivity index (χ0v) is 18.0. The fraction of sp³-hybridized carbons (Fsp3) is 0.261. The molecule has 0 aliphatic rings. The number of esters is 1. The zero-order valence-electron chi connectivity index (χ0n) is 18.0. The maximum atomic E-state index is 12.8. The van der Waals surface area contributed by atoms with Crippen LogP contribution in [0.2, 0.25) is 0 Å². The Morgan fingerprint density at radius 3 is 2.48 bits per heavy atom. The van der Waals surface area contributed by atoms with Crippen LogP contribution in [0.25, 0.3) is 11.8 Å². The third kappa shape index (κ3) is 5.63. The van der Waals surface area contributed by atoms with Gasteiger partial charge in [-0.3, -0.25) is 4.79 Å². The number of aromatic nitrogens is 4. The molecule has 3 rings (SSSR count). The molecule has 1 amide bonds. The molecule has 0 bridgehead atoms. The van der Waals surface area contributed by atoms with Crippen LogP contribution in [0.1, 0.15) is 41.0 Å². The van der Waals surface area contributed by atoms with Gasteiger partial charge in [0, 0.05) is 0 Å². The van der Waals surface area contributed by atoms with Crippen molar-refractivity contribution < 1.29 is 14.3 Å². The smallest absolute Gasteiger partial charge is 0.357 e. The second kappa shape index (κ2) is 9.80. The molecule has 1 aromatic heterocycles. The van der Waals surface area contributed by atoms with E-state index in [0.29, 0.717) is 5.82 Å². The van der Waals surface area contributed by atoms with Crippen molar-refractivity contribution in [2.45, 2.75) is 33.7 Å². The lowest BCUT2D eigenvalue weighted by Crippen LogP contribution is -2.31. The van der Waals surface area contributed by atoms with Crippen molar-refractivity contribution in [1.29, 1.82) is 0 Å². The molecule has 160 valence electrons. The summed E-state index contributed by atoms with van der Waals surface area (Å²) < 4.78 is 6.54. The van der Waals surface area contributed by atoms with Gasteiger partial charge in [-0.25, -0.2) is 4.79 Å². The molecular formula is C23H25N5O3. The number of rotatable bonds is 7. The van der Waals surface area contributed by atoms with Crippen LogP contribution in [0, 0.1) is 20.8 Å². The van der Waals surface area contributed by atoms with Crippen LogP contribution in [0.5, 0.6) is 0 Å². The molecule has 1 atom stereocenters. The Bertz CT molecular complexity index is 1110. The van der Waals surface area contributed by atoms with E-state index in [0.717, 1.165) is 16.7 Å². The Morgan fingerprint density at radius 1 is 1.10 bits per heavy atom. The lowest BCUT2D eigenvalue weighted by molar-refractivity contribution is -0.143. The van der Waals surface area contributed by atoms with Crippen LogP contribution in [0.4, 0.5) is 0 Å². The van der Waals surface area contributed by atoms with E-state index in [1.54, 1.807) is 13.0 Å². The third-order valence-corrected chi connectivity index (χ3v) is 4.91. The number of nitrogens with zero attached hydrogens (tertiary/aromatic N) is 4. The van der Waals surface area contributed by atoms with Gasteiger partial charge in [-0.2, -0.15) is 4.68 Å². The molecule has 8 heteroatoms. The summed E-state index contributed by atoms with van der Waals surface area (Å²) in [4.78, 5) is 25.1. The Morgan fingerprint density at radius 2 is 1.84 bits per heavy atom. The Kier molecular flexibility index (Phi) is 6.92. The predicted octanol–water partition coefficient (Wildman–Crippen LogP) is 3.02. The van der Waals surface area contributed by atoms with E-state index in [2.05, 4.69) is 20.8 Å². The van der Waals surface area contributed by atoms with Gasteiger partial charge in [0.05, 0.1) is 6.04 Å². The highest BCUT2D eigenvalue weighted by molar-refractivity contribution is 6.15. The molecule has 1 heterocycles. The van der Waals surface area contributed by atoms with Crippen molar-refractivity contribution in [3.63, 3.8) is 0 Å². The van der Waals surface area contributed by atoms with Crippen LogP contribution in [-0.2, 0) is 14.3 Å². The molecule has 0 aliphatic carbocycles. The Hall–Kier alpha value is -3.81. The van der Waals surface area contributed by atoms with Crippen LogP contribution in [-0.4, -0.2) is 38.7 Å². The highest BCUT2D eigenvalue weighted by Crippen LogP contribution is 2.17. The topological polar surface area (TPSA) is 99.0 Å². The van der Waals surface area contributed by atoms with E-state index >= 15 is 0 Å². The Balaban J connectivity index is 1.68. The highest BCUT2D eigenvalue weighted by Gasteiger charge is 2.19. The number of hydrogen-bond donors (Lipinski definition) is 1. The number of hydrogen-bond acceptors (Lipinski definition) is 6. The first-order chi connectivity index (χ1) is 14.8. The molecule has 0 saturated carbocycles. The minimum Gasteiger partial charge on any atom is -0.451 e. The fourth-order valence-electron chi connectivity index (χ4n) is 2.97. The minimum absolute atomic E-state index is 0.115. The van der Waals surface area contributed by atoms with Gasteiger partial charge in [-0.15, -0.1) is 5.10 Å². The van der Waals surface area contributed by atoms with E-state index in [-0.39, 0.29) is 11.7 Å². The lowest BCUT2D eigenvalue weighted by atomic mass is 10.0. The highest BCUT2D eigenvalue weighted by atomic mass is 16.5. The normalized spacial score (nSPS) is 12.3. The van der Waals surface area contributed by atoms with Gasteiger partial charge in [0.25, 0.3) is 5.91 Å². The Labute approximate surface area is 180 Å². The fourth-order valence-corrected chi connectivity index (χ4v) is 2.97. The zero-order chi connectivity index (χ0) is 22.4. The average molecular weight is 419 g/mol. The van der Waals surface area contributed by atoms with Gasteiger partial charge < -0.3 is 10.1 Å². The third-order valence-electron chi connectivity index (χ3n) is 4.91. The number of carbonyl (C=O) groups excluding carboxylic acids is 2. The minimum atomic E-state index is -0.701. The van der Waals surface area contributed by atoms with E-state index in [1.807, 2.05) is 69.3 Å². The summed E-state index contributed by atoms with van der Waals surface area (Å²) in [5, 5.41) is 14.1. The number of amides is 1. The summed E-state index contributed by atoms with van der Waals surface area (Å²) >= 11 is 0. The quantitative estimate of drug-likeness (QED) is 0.467.